The molecule has 15 atom stereocenters. The van der Waals surface area contributed by atoms with Gasteiger partial charge in [0.2, 0.25) is 59.1 Å². The van der Waals surface area contributed by atoms with Crippen molar-refractivity contribution in [3.63, 3.8) is 0 Å². The largest absolute Gasteiger partial charge is 0.508 e. The third-order valence-electron chi connectivity index (χ3n) is 16.8. The maximum absolute atomic E-state index is 15.1. The maximum Gasteiger partial charge on any atom is 0.328 e. The molecule has 5 fully saturated rings. The van der Waals surface area contributed by atoms with Crippen LogP contribution in [-0.2, 0) is 70.3 Å². The molecule has 0 radical (unpaired) electrons. The van der Waals surface area contributed by atoms with Crippen LogP contribution in [0, 0.1) is 23.7 Å². The summed E-state index contributed by atoms with van der Waals surface area (Å²) in [7, 11) is 0. The van der Waals surface area contributed by atoms with Crippen molar-refractivity contribution in [1.82, 2.24) is 51.5 Å². The number of rotatable bonds is 12. The van der Waals surface area contributed by atoms with Gasteiger partial charge in [0.15, 0.2) is 0 Å². The summed E-state index contributed by atoms with van der Waals surface area (Å²) in [4.78, 5) is 164. The van der Waals surface area contributed by atoms with E-state index in [1.165, 1.54) is 41.0 Å². The van der Waals surface area contributed by atoms with Gasteiger partial charge in [-0.2, -0.15) is 0 Å². The van der Waals surface area contributed by atoms with Crippen LogP contribution in [0.2, 0.25) is 0 Å². The van der Waals surface area contributed by atoms with E-state index in [4.69, 9.17) is 4.74 Å². The normalized spacial score (nSPS) is 30.2. The second-order valence-corrected chi connectivity index (χ2v) is 24.4. The summed E-state index contributed by atoms with van der Waals surface area (Å²) in [5.41, 5.74) is 1.09. The molecular weight excluding hydrogens is 1120 g/mol. The molecule has 10 N–H and O–H groups in total. The Morgan fingerprint density at radius 2 is 1.16 bits per heavy atom. The van der Waals surface area contributed by atoms with Crippen molar-refractivity contribution in [2.75, 3.05) is 39.4 Å². The smallest absolute Gasteiger partial charge is 0.328 e. The number of amides is 10. The van der Waals surface area contributed by atoms with Crippen LogP contribution in [0.15, 0.2) is 54.6 Å². The summed E-state index contributed by atoms with van der Waals surface area (Å²) in [6, 6.07) is 0.0903. The molecule has 0 spiro atoms. The van der Waals surface area contributed by atoms with Gasteiger partial charge in [-0.1, -0.05) is 90.4 Å². The molecule has 0 aromatic heterocycles. The number of benzene rings is 2. The van der Waals surface area contributed by atoms with Gasteiger partial charge in [0, 0.05) is 58.8 Å². The minimum absolute atomic E-state index is 0.0143. The first-order valence-electron chi connectivity index (χ1n) is 29.7. The average molecular weight is 1200 g/mol. The van der Waals surface area contributed by atoms with Gasteiger partial charge in [-0.05, 0) is 66.2 Å². The zero-order chi connectivity index (χ0) is 62.8. The van der Waals surface area contributed by atoms with Gasteiger partial charge in [-0.3, -0.25) is 47.9 Å². The summed E-state index contributed by atoms with van der Waals surface area (Å²) in [5.74, 6) is -10.8. The fourth-order valence-corrected chi connectivity index (χ4v) is 12.2. The molecule has 0 aliphatic carbocycles. The van der Waals surface area contributed by atoms with Crippen LogP contribution >= 0.6 is 0 Å². The van der Waals surface area contributed by atoms with Crippen molar-refractivity contribution in [2.45, 2.75) is 172 Å². The second kappa shape index (κ2) is 29.1. The number of hydrogen-bond donors (Lipinski definition) is 10. The lowest BCUT2D eigenvalue weighted by molar-refractivity contribution is -0.158. The fraction of sp³-hybridized carbons (Fsp3) is 0.617. The van der Waals surface area contributed by atoms with Gasteiger partial charge in [0.05, 0.1) is 18.8 Å². The molecular formula is C60H84N10O16. The number of nitrogens with one attached hydrogen (secondary N) is 6. The Hall–Kier alpha value is -7.71. The molecule has 470 valence electrons. The van der Waals surface area contributed by atoms with Crippen LogP contribution in [0.1, 0.15) is 98.1 Å². The molecule has 2 aromatic rings. The van der Waals surface area contributed by atoms with E-state index < -0.39 is 163 Å². The van der Waals surface area contributed by atoms with Gasteiger partial charge in [0.1, 0.15) is 72.8 Å². The number of aromatic hydroxyl groups is 1. The zero-order valence-corrected chi connectivity index (χ0v) is 49.8. The number of hydrogen-bond acceptors (Lipinski definition) is 16. The number of carbonyl (C=O) groups excluding carboxylic acids is 11. The van der Waals surface area contributed by atoms with Crippen molar-refractivity contribution in [3.05, 3.63) is 65.7 Å². The summed E-state index contributed by atoms with van der Waals surface area (Å²) < 4.78 is 5.89. The monoisotopic (exact) mass is 1200 g/mol. The number of fused-ring (bicyclic) bond motifs is 4. The molecule has 7 rings (SSSR count). The van der Waals surface area contributed by atoms with Gasteiger partial charge in [-0.15, -0.1) is 0 Å². The minimum Gasteiger partial charge on any atom is -0.508 e. The molecule has 5 aliphatic rings. The number of nitrogens with zero attached hydrogens (tertiary/aromatic N) is 4. The lowest BCUT2D eigenvalue weighted by Gasteiger charge is -2.34. The number of cyclic esters (lactones) is 1. The average Bonchev–Trinajstić information content (AvgIpc) is 1.81. The highest BCUT2D eigenvalue weighted by molar-refractivity contribution is 6.00. The van der Waals surface area contributed by atoms with Gasteiger partial charge in [0.25, 0.3) is 0 Å². The van der Waals surface area contributed by atoms with Crippen LogP contribution in [-0.4, -0.2) is 217 Å². The van der Waals surface area contributed by atoms with E-state index in [1.807, 2.05) is 0 Å². The number of aliphatic hydroxyl groups excluding tert-OH is 3. The van der Waals surface area contributed by atoms with E-state index in [1.54, 1.807) is 71.9 Å². The molecule has 26 heteroatoms. The van der Waals surface area contributed by atoms with Crippen molar-refractivity contribution in [2.24, 2.45) is 23.7 Å². The van der Waals surface area contributed by atoms with Crippen molar-refractivity contribution < 1.29 is 77.9 Å². The minimum atomic E-state index is -1.77. The Morgan fingerprint density at radius 3 is 1.73 bits per heavy atom. The van der Waals surface area contributed by atoms with Crippen LogP contribution < -0.4 is 31.9 Å². The van der Waals surface area contributed by atoms with Crippen LogP contribution in [0.4, 0.5) is 0 Å². The highest BCUT2D eigenvalue weighted by Gasteiger charge is 2.51. The number of aliphatic hydroxyl groups is 3. The number of carbonyl (C=O) groups is 11. The second-order valence-electron chi connectivity index (χ2n) is 24.4. The van der Waals surface area contributed by atoms with Crippen molar-refractivity contribution in [3.8, 4) is 5.75 Å². The molecule has 5 saturated heterocycles. The standard InChI is InChI=1S/C60H84N10O16/c1-8-34(6)50-55(80)63-43(22-37-14-16-38(73)17-15-37)52(77)64-44(29-71)56(81)69-27-39(74)23-47(69)59(84)70-28-40(75)24-48(70)58(83)68-26-33(5)20-49(68)60(85)86-30-45(65-51(76)42(61-35(7)72)21-36-12-10-9-11-13-36)57(82)67-25-32(4)19-46(67)54(79)62-41(18-31(2)3)53(78)66-50/h9-17,31-34,39-50,71,73-75H,8,18-30H2,1-7H3,(H,61,72)(H,62,79)(H,63,80)(H,64,77)(H,65,76)(H,66,78)/t32-,33-,34-,39+,40+,41+,42-,43-,44-,45-,46-,47-,48-,49-,50-/m0/s1. The molecule has 2 aromatic carbocycles. The topological polar surface area (TPSA) is 363 Å². The van der Waals surface area contributed by atoms with Gasteiger partial charge >= 0.3 is 5.97 Å². The zero-order valence-electron chi connectivity index (χ0n) is 49.8. The van der Waals surface area contributed by atoms with Gasteiger partial charge in [-0.25, -0.2) is 4.79 Å². The van der Waals surface area contributed by atoms with Crippen LogP contribution in [0.3, 0.4) is 0 Å². The van der Waals surface area contributed by atoms with E-state index in [9.17, 15) is 68.4 Å². The predicted molar refractivity (Wildman–Crippen MR) is 307 cm³/mol. The number of esters is 1. The Labute approximate surface area is 499 Å². The summed E-state index contributed by atoms with van der Waals surface area (Å²) in [5, 5.41) is 59.0. The maximum atomic E-state index is 15.1. The highest BCUT2D eigenvalue weighted by Crippen LogP contribution is 2.32. The molecule has 10 amide bonds. The molecule has 5 heterocycles. The molecule has 86 heavy (non-hydrogen) atoms. The SMILES string of the molecule is CC[C@H](C)[C@@H]1NC(=O)[C@@H](CC(C)C)NC(=O)[C@@H]2C[C@H](C)CN2C(=O)[C@@H](NC(=O)[C@H](Cc2ccccc2)NC(C)=O)COC(=O)[C@@H]2C[C@H](C)CN2C(=O)[C@@H]2C[C@@H](O)CN2C(=O)[C@@H]2C[C@@H](O)CN2C(=O)[C@H](CO)NC(=O)[C@H](Cc2ccc(O)cc2)NC1=O. The fourth-order valence-electron chi connectivity index (χ4n) is 12.2. The van der Waals surface area contributed by atoms with Gasteiger partial charge < -0.3 is 76.7 Å². The Morgan fingerprint density at radius 1 is 0.628 bits per heavy atom. The predicted octanol–water partition coefficient (Wildman–Crippen LogP) is -1.86. The third-order valence-corrected chi connectivity index (χ3v) is 16.8. The quantitative estimate of drug-likeness (QED) is 0.104. The highest BCUT2D eigenvalue weighted by atomic mass is 16.5. The molecule has 0 bridgehead atoms. The molecule has 26 nitrogen and oxygen atoms in total. The van der Waals surface area contributed by atoms with E-state index in [0.29, 0.717) is 17.5 Å². The molecule has 5 aliphatic heterocycles. The summed E-state index contributed by atoms with van der Waals surface area (Å²) in [6.45, 7) is 9.12. The first-order valence-corrected chi connectivity index (χ1v) is 29.7. The number of phenolic OH excluding ortho intramolecular Hbond substituents is 1. The first kappa shape index (κ1) is 65.8. The Balaban J connectivity index is 1.28. The van der Waals surface area contributed by atoms with E-state index in [-0.39, 0.29) is 88.1 Å². The summed E-state index contributed by atoms with van der Waals surface area (Å²) >= 11 is 0. The lowest BCUT2D eigenvalue weighted by atomic mass is 9.95. The third kappa shape index (κ3) is 16.2. The van der Waals surface area contributed by atoms with E-state index in [0.717, 1.165) is 9.80 Å². The number of ether oxygens (including phenoxy) is 1. The van der Waals surface area contributed by atoms with E-state index in [2.05, 4.69) is 31.9 Å². The molecule has 0 unspecified atom stereocenters. The van der Waals surface area contributed by atoms with Crippen LogP contribution in [0.5, 0.6) is 5.75 Å². The van der Waals surface area contributed by atoms with Crippen LogP contribution in [0.25, 0.3) is 0 Å². The first-order chi connectivity index (χ1) is 40.8. The molecule has 0 saturated carbocycles. The lowest BCUT2D eigenvalue weighted by Crippen LogP contribution is -2.62. The number of phenols is 1. The Bertz CT molecular complexity index is 2820. The van der Waals surface area contributed by atoms with Crippen molar-refractivity contribution >= 4 is 65.0 Å². The van der Waals surface area contributed by atoms with E-state index >= 15 is 4.79 Å². The Kier molecular flexibility index (Phi) is 22.3. The van der Waals surface area contributed by atoms with Crippen molar-refractivity contribution in [1.29, 1.82) is 0 Å². The summed E-state index contributed by atoms with van der Waals surface area (Å²) in [6.07, 6.45) is -2.92.